The molecule has 7 heteroatoms. The van der Waals surface area contributed by atoms with Gasteiger partial charge in [-0.2, -0.15) is 5.10 Å². The van der Waals surface area contributed by atoms with Crippen molar-refractivity contribution in [3.8, 4) is 28.5 Å². The Morgan fingerprint density at radius 2 is 1.71 bits per heavy atom. The first-order valence-corrected chi connectivity index (χ1v) is 14.5. The number of nitrogens with zero attached hydrogens (tertiary/aromatic N) is 2. The van der Waals surface area contributed by atoms with Crippen molar-refractivity contribution in [1.82, 2.24) is 15.1 Å². The van der Waals surface area contributed by atoms with Crippen molar-refractivity contribution >= 4 is 5.91 Å². The number of fused-ring (bicyclic) bond motifs is 1. The van der Waals surface area contributed by atoms with E-state index in [0.717, 1.165) is 45.7 Å². The number of methoxy groups -OCH3 is 1. The minimum absolute atomic E-state index is 0.0997. The largest absolute Gasteiger partial charge is 0.507 e. The fourth-order valence-corrected chi connectivity index (χ4v) is 5.63. The van der Waals surface area contributed by atoms with Crippen LogP contribution in [0.5, 0.6) is 17.2 Å². The quantitative estimate of drug-likeness (QED) is 0.182. The van der Waals surface area contributed by atoms with Crippen LogP contribution in [-0.2, 0) is 6.42 Å². The van der Waals surface area contributed by atoms with Crippen LogP contribution >= 0.6 is 0 Å². The van der Waals surface area contributed by atoms with E-state index in [4.69, 9.17) is 9.47 Å². The second-order valence-corrected chi connectivity index (χ2v) is 10.8. The van der Waals surface area contributed by atoms with E-state index < -0.39 is 0 Å². The van der Waals surface area contributed by atoms with Gasteiger partial charge in [0.2, 0.25) is 0 Å². The molecule has 0 fully saturated rings. The molecule has 0 bridgehead atoms. The number of aryl methyl sites for hydroxylation is 2. The number of hydrogen-bond acceptors (Lipinski definition) is 5. The van der Waals surface area contributed by atoms with E-state index in [1.54, 1.807) is 7.11 Å². The zero-order chi connectivity index (χ0) is 28.9. The lowest BCUT2D eigenvalue weighted by Gasteiger charge is -2.27. The normalized spacial score (nSPS) is 14.4. The molecule has 1 aromatic heterocycles. The molecular formula is C34H39N3O4. The Hall–Kier alpha value is -4.26. The number of carbonyl (C=O) groups excluding carboxylic acids is 1. The van der Waals surface area contributed by atoms with Crippen LogP contribution in [0.4, 0.5) is 0 Å². The lowest BCUT2D eigenvalue weighted by molar-refractivity contribution is 0.0746. The summed E-state index contributed by atoms with van der Waals surface area (Å²) in [5.41, 5.74) is 6.36. The Morgan fingerprint density at radius 3 is 2.41 bits per heavy atom. The summed E-state index contributed by atoms with van der Waals surface area (Å²) in [6, 6.07) is 19.5. The van der Waals surface area contributed by atoms with Crippen LogP contribution in [0.25, 0.3) is 11.3 Å². The fourth-order valence-electron chi connectivity index (χ4n) is 5.63. The highest BCUT2D eigenvalue weighted by molar-refractivity contribution is 6.00. The summed E-state index contributed by atoms with van der Waals surface area (Å²) in [7, 11) is 1.65. The zero-order valence-corrected chi connectivity index (χ0v) is 24.4. The van der Waals surface area contributed by atoms with Crippen molar-refractivity contribution < 1.29 is 19.4 Å². The van der Waals surface area contributed by atoms with Gasteiger partial charge in [0.1, 0.15) is 28.6 Å². The van der Waals surface area contributed by atoms with Crippen molar-refractivity contribution in [3.05, 3.63) is 94.2 Å². The molecule has 0 saturated carbocycles. The van der Waals surface area contributed by atoms with Crippen molar-refractivity contribution in [1.29, 1.82) is 0 Å². The Morgan fingerprint density at radius 1 is 0.976 bits per heavy atom. The molecule has 3 aromatic carbocycles. The van der Waals surface area contributed by atoms with Crippen LogP contribution < -0.4 is 9.47 Å². The first kappa shape index (κ1) is 28.3. The number of H-pyrrole nitrogens is 1. The standard InChI is InChI=1S/C34H39N3O4/c1-5-6-7-8-19-41-27-15-11-25(12-16-27)32-29-30(28-21-22(2)20-23(3)33(28)38)35-36-31(29)34(39)37(32)18-17-24-9-13-26(40-4)14-10-24/h9-16,20-21,32,38H,5-8,17-19H2,1-4H3,(H,35,36). The molecule has 41 heavy (non-hydrogen) atoms. The zero-order valence-electron chi connectivity index (χ0n) is 24.4. The molecular weight excluding hydrogens is 514 g/mol. The van der Waals surface area contributed by atoms with Crippen LogP contribution in [0.2, 0.25) is 0 Å². The number of phenols is 1. The van der Waals surface area contributed by atoms with Gasteiger partial charge in [-0.1, -0.05) is 56.5 Å². The number of benzene rings is 3. The highest BCUT2D eigenvalue weighted by Crippen LogP contribution is 2.45. The molecule has 7 nitrogen and oxygen atoms in total. The minimum atomic E-state index is -0.358. The molecule has 1 aliphatic rings. The monoisotopic (exact) mass is 553 g/mol. The maximum absolute atomic E-state index is 13.8. The third-order valence-corrected chi connectivity index (χ3v) is 7.83. The average molecular weight is 554 g/mol. The van der Waals surface area contributed by atoms with E-state index in [1.807, 2.05) is 79.4 Å². The van der Waals surface area contributed by atoms with E-state index in [1.165, 1.54) is 19.3 Å². The van der Waals surface area contributed by atoms with Crippen LogP contribution in [0.1, 0.15) is 77.0 Å². The molecule has 0 saturated heterocycles. The predicted molar refractivity (Wildman–Crippen MR) is 161 cm³/mol. The average Bonchev–Trinajstić information content (AvgIpc) is 3.53. The molecule has 1 atom stereocenters. The van der Waals surface area contributed by atoms with E-state index in [0.29, 0.717) is 36.5 Å². The highest BCUT2D eigenvalue weighted by atomic mass is 16.5. The molecule has 1 amide bonds. The van der Waals surface area contributed by atoms with Gasteiger partial charge >= 0.3 is 0 Å². The third kappa shape index (κ3) is 5.94. The Labute approximate surface area is 242 Å². The molecule has 5 rings (SSSR count). The Balaban J connectivity index is 1.48. The lowest BCUT2D eigenvalue weighted by Crippen LogP contribution is -2.31. The van der Waals surface area contributed by atoms with Gasteiger partial charge < -0.3 is 19.5 Å². The van der Waals surface area contributed by atoms with E-state index in [9.17, 15) is 9.90 Å². The number of amides is 1. The number of nitrogens with one attached hydrogen (secondary N) is 1. The second kappa shape index (κ2) is 12.5. The molecule has 4 aromatic rings. The van der Waals surface area contributed by atoms with Gasteiger partial charge in [0.05, 0.1) is 19.8 Å². The summed E-state index contributed by atoms with van der Waals surface area (Å²) in [5, 5.41) is 18.6. The third-order valence-electron chi connectivity index (χ3n) is 7.83. The van der Waals surface area contributed by atoms with Crippen molar-refractivity contribution in [3.63, 3.8) is 0 Å². The number of unbranched alkanes of at least 4 members (excludes halogenated alkanes) is 3. The number of aromatic nitrogens is 2. The molecule has 1 unspecified atom stereocenters. The number of phenolic OH excluding ortho intramolecular Hbond substituents is 1. The van der Waals surface area contributed by atoms with Crippen LogP contribution in [0, 0.1) is 13.8 Å². The minimum Gasteiger partial charge on any atom is -0.507 e. The number of aromatic hydroxyl groups is 1. The van der Waals surface area contributed by atoms with Crippen molar-refractivity contribution in [2.24, 2.45) is 0 Å². The van der Waals surface area contributed by atoms with Crippen molar-refractivity contribution in [2.75, 3.05) is 20.3 Å². The van der Waals surface area contributed by atoms with Gasteiger partial charge in [-0.3, -0.25) is 9.89 Å². The van der Waals surface area contributed by atoms with E-state index in [-0.39, 0.29) is 17.7 Å². The van der Waals surface area contributed by atoms with E-state index in [2.05, 4.69) is 17.1 Å². The first-order chi connectivity index (χ1) is 19.9. The number of ether oxygens (including phenoxy) is 2. The van der Waals surface area contributed by atoms with E-state index >= 15 is 0 Å². The molecule has 0 radical (unpaired) electrons. The van der Waals surface area contributed by atoms with Gasteiger partial charge in [-0.25, -0.2) is 0 Å². The van der Waals surface area contributed by atoms with Crippen LogP contribution in [-0.4, -0.2) is 46.4 Å². The van der Waals surface area contributed by atoms with Crippen LogP contribution in [0.15, 0.2) is 60.7 Å². The maximum Gasteiger partial charge on any atom is 0.273 e. The molecule has 2 N–H and O–H groups in total. The predicted octanol–water partition coefficient (Wildman–Crippen LogP) is 7.15. The number of carbonyl (C=O) groups is 1. The number of rotatable bonds is 12. The summed E-state index contributed by atoms with van der Waals surface area (Å²) in [6.07, 6.45) is 5.30. The fraction of sp³-hybridized carbons (Fsp3) is 0.353. The van der Waals surface area contributed by atoms with Crippen molar-refractivity contribution in [2.45, 2.75) is 58.9 Å². The van der Waals surface area contributed by atoms with Gasteiger partial charge in [0.25, 0.3) is 5.91 Å². The topological polar surface area (TPSA) is 87.7 Å². The highest BCUT2D eigenvalue weighted by Gasteiger charge is 2.42. The lowest BCUT2D eigenvalue weighted by atomic mass is 9.94. The molecule has 0 spiro atoms. The summed E-state index contributed by atoms with van der Waals surface area (Å²) < 4.78 is 11.3. The summed E-state index contributed by atoms with van der Waals surface area (Å²) in [6.45, 7) is 7.28. The molecule has 1 aliphatic heterocycles. The molecule has 2 heterocycles. The van der Waals surface area contributed by atoms with Crippen LogP contribution in [0.3, 0.4) is 0 Å². The van der Waals surface area contributed by atoms with Gasteiger partial charge in [0.15, 0.2) is 0 Å². The first-order valence-electron chi connectivity index (χ1n) is 14.5. The second-order valence-electron chi connectivity index (χ2n) is 10.8. The smallest absolute Gasteiger partial charge is 0.273 e. The maximum atomic E-state index is 13.8. The molecule has 0 aliphatic carbocycles. The van der Waals surface area contributed by atoms with Gasteiger partial charge in [-0.15, -0.1) is 0 Å². The van der Waals surface area contributed by atoms with Gasteiger partial charge in [-0.05, 0) is 79.3 Å². The Bertz CT molecular complexity index is 1490. The summed E-state index contributed by atoms with van der Waals surface area (Å²) in [5.74, 6) is 1.70. The Kier molecular flexibility index (Phi) is 8.62. The number of aromatic amines is 1. The number of hydrogen-bond donors (Lipinski definition) is 2. The van der Waals surface area contributed by atoms with Gasteiger partial charge in [0, 0.05) is 17.7 Å². The molecule has 214 valence electrons. The SMILES string of the molecule is CCCCCCOc1ccc(C2c3c(-c4cc(C)cc(C)c4O)n[nH]c3C(=O)N2CCc2ccc(OC)cc2)cc1. The summed E-state index contributed by atoms with van der Waals surface area (Å²) in [4.78, 5) is 15.7. The summed E-state index contributed by atoms with van der Waals surface area (Å²) >= 11 is 0.